The van der Waals surface area contributed by atoms with Crippen molar-refractivity contribution in [1.82, 2.24) is 20.1 Å². The van der Waals surface area contributed by atoms with E-state index in [1.54, 1.807) is 11.0 Å². The number of carbonyl (C=O) groups excluding carboxylic acids is 1. The van der Waals surface area contributed by atoms with Gasteiger partial charge in [-0.2, -0.15) is 5.10 Å². The van der Waals surface area contributed by atoms with E-state index < -0.39 is 0 Å². The van der Waals surface area contributed by atoms with Crippen LogP contribution in [0.2, 0.25) is 0 Å². The number of hydrogen-bond acceptors (Lipinski definition) is 4. The zero-order chi connectivity index (χ0) is 20.1. The standard InChI is InChI=1S/C22H32N4O2/c1-15(2)20-10-5-16(3)11-21(20)28-12-22(27)25-17(4)18-6-8-19(9-7-18)26-14-23-13-24-26/h6-9,13-17,20-21H,5,10-12H2,1-4H3,(H,25,27)/t16-,17-,20-,21-/m1/s1. The van der Waals surface area contributed by atoms with Gasteiger partial charge in [0.25, 0.3) is 0 Å². The minimum absolute atomic E-state index is 0.0615. The summed E-state index contributed by atoms with van der Waals surface area (Å²) in [6.45, 7) is 8.90. The molecule has 3 rings (SSSR count). The van der Waals surface area contributed by atoms with Crippen LogP contribution in [0.4, 0.5) is 0 Å². The number of amides is 1. The first kappa shape index (κ1) is 20.5. The van der Waals surface area contributed by atoms with Gasteiger partial charge in [0.2, 0.25) is 5.91 Å². The summed E-state index contributed by atoms with van der Waals surface area (Å²) in [6, 6.07) is 7.87. The van der Waals surface area contributed by atoms with Gasteiger partial charge in [0.05, 0.1) is 17.8 Å². The summed E-state index contributed by atoms with van der Waals surface area (Å²) in [4.78, 5) is 16.4. The molecule has 1 aromatic heterocycles. The molecule has 0 unspecified atom stereocenters. The highest BCUT2D eigenvalue weighted by molar-refractivity contribution is 5.77. The Morgan fingerprint density at radius 1 is 1.25 bits per heavy atom. The predicted molar refractivity (Wildman–Crippen MR) is 109 cm³/mol. The summed E-state index contributed by atoms with van der Waals surface area (Å²) in [7, 11) is 0. The first-order chi connectivity index (χ1) is 13.4. The van der Waals surface area contributed by atoms with Crippen molar-refractivity contribution < 1.29 is 9.53 Å². The SMILES string of the molecule is CC(C)[C@H]1CC[C@@H](C)C[C@H]1OCC(=O)N[C@H](C)c1ccc(-n2cncn2)cc1. The number of aromatic nitrogens is 3. The average Bonchev–Trinajstić information content (AvgIpc) is 3.21. The summed E-state index contributed by atoms with van der Waals surface area (Å²) in [5, 5.41) is 7.17. The Balaban J connectivity index is 1.51. The van der Waals surface area contributed by atoms with Crippen molar-refractivity contribution in [1.29, 1.82) is 0 Å². The molecule has 1 aromatic carbocycles. The predicted octanol–water partition coefficient (Wildman–Crippen LogP) is 3.92. The number of rotatable bonds is 7. The van der Waals surface area contributed by atoms with Crippen LogP contribution in [0.1, 0.15) is 58.6 Å². The minimum atomic E-state index is -0.0768. The molecule has 2 aromatic rings. The zero-order valence-corrected chi connectivity index (χ0v) is 17.3. The molecule has 1 heterocycles. The molecule has 0 spiro atoms. The van der Waals surface area contributed by atoms with Crippen molar-refractivity contribution in [2.24, 2.45) is 17.8 Å². The molecule has 4 atom stereocenters. The normalized spacial score (nSPS) is 23.5. The fourth-order valence-electron chi connectivity index (χ4n) is 4.11. The Morgan fingerprint density at radius 3 is 2.64 bits per heavy atom. The molecule has 6 heteroatoms. The van der Waals surface area contributed by atoms with E-state index in [0.717, 1.165) is 17.7 Å². The monoisotopic (exact) mass is 384 g/mol. The molecule has 1 amide bonds. The Hall–Kier alpha value is -2.21. The van der Waals surface area contributed by atoms with Crippen molar-refractivity contribution in [2.45, 2.75) is 59.1 Å². The van der Waals surface area contributed by atoms with Gasteiger partial charge in [0.15, 0.2) is 0 Å². The topological polar surface area (TPSA) is 69.0 Å². The van der Waals surface area contributed by atoms with Crippen LogP contribution in [0.25, 0.3) is 5.69 Å². The fourth-order valence-corrected chi connectivity index (χ4v) is 4.11. The second-order valence-corrected chi connectivity index (χ2v) is 8.40. The van der Waals surface area contributed by atoms with Crippen LogP contribution in [0, 0.1) is 17.8 Å². The minimum Gasteiger partial charge on any atom is -0.368 e. The number of carbonyl (C=O) groups is 1. The largest absolute Gasteiger partial charge is 0.368 e. The molecule has 0 bridgehead atoms. The Morgan fingerprint density at radius 2 is 2.00 bits per heavy atom. The van der Waals surface area contributed by atoms with Crippen LogP contribution in [0.15, 0.2) is 36.9 Å². The molecule has 0 aliphatic heterocycles. The fraction of sp³-hybridized carbons (Fsp3) is 0.591. The highest BCUT2D eigenvalue weighted by Crippen LogP contribution is 2.35. The molecule has 0 saturated heterocycles. The van der Waals surface area contributed by atoms with E-state index in [2.05, 4.69) is 36.2 Å². The van der Waals surface area contributed by atoms with Gasteiger partial charge in [0, 0.05) is 0 Å². The Kier molecular flexibility index (Phi) is 6.83. The van der Waals surface area contributed by atoms with Gasteiger partial charge in [-0.15, -0.1) is 0 Å². The number of nitrogens with one attached hydrogen (secondary N) is 1. The zero-order valence-electron chi connectivity index (χ0n) is 17.3. The van der Waals surface area contributed by atoms with Crippen molar-refractivity contribution in [3.63, 3.8) is 0 Å². The first-order valence-corrected chi connectivity index (χ1v) is 10.3. The lowest BCUT2D eigenvalue weighted by Crippen LogP contribution is -2.38. The van der Waals surface area contributed by atoms with Gasteiger partial charge in [-0.25, -0.2) is 9.67 Å². The van der Waals surface area contributed by atoms with E-state index in [0.29, 0.717) is 17.8 Å². The van der Waals surface area contributed by atoms with E-state index in [9.17, 15) is 4.79 Å². The summed E-state index contributed by atoms with van der Waals surface area (Å²) in [5.74, 6) is 1.74. The highest BCUT2D eigenvalue weighted by Gasteiger charge is 2.31. The second-order valence-electron chi connectivity index (χ2n) is 8.40. The van der Waals surface area contributed by atoms with E-state index in [1.165, 1.54) is 19.2 Å². The number of hydrogen-bond donors (Lipinski definition) is 1. The number of nitrogens with zero attached hydrogens (tertiary/aromatic N) is 3. The molecule has 1 N–H and O–H groups in total. The third-order valence-electron chi connectivity index (χ3n) is 5.84. The third kappa shape index (κ3) is 5.19. The van der Waals surface area contributed by atoms with Gasteiger partial charge in [0.1, 0.15) is 19.3 Å². The molecule has 6 nitrogen and oxygen atoms in total. The van der Waals surface area contributed by atoms with Crippen LogP contribution in [0.5, 0.6) is 0 Å². The lowest BCUT2D eigenvalue weighted by molar-refractivity contribution is -0.132. The highest BCUT2D eigenvalue weighted by atomic mass is 16.5. The molecule has 0 radical (unpaired) electrons. The summed E-state index contributed by atoms with van der Waals surface area (Å²) < 4.78 is 7.77. The number of ether oxygens (including phenoxy) is 1. The van der Waals surface area contributed by atoms with Gasteiger partial charge in [-0.05, 0) is 55.2 Å². The van der Waals surface area contributed by atoms with E-state index in [-0.39, 0.29) is 24.7 Å². The maximum absolute atomic E-state index is 12.4. The molecule has 1 aliphatic carbocycles. The summed E-state index contributed by atoms with van der Waals surface area (Å²) in [6.07, 6.45) is 6.86. The molecule has 1 aliphatic rings. The van der Waals surface area contributed by atoms with Crippen LogP contribution in [0.3, 0.4) is 0 Å². The van der Waals surface area contributed by atoms with Crippen molar-refractivity contribution in [2.75, 3.05) is 6.61 Å². The maximum Gasteiger partial charge on any atom is 0.246 e. The third-order valence-corrected chi connectivity index (χ3v) is 5.84. The Labute approximate surface area is 167 Å². The van der Waals surface area contributed by atoms with Crippen LogP contribution in [-0.4, -0.2) is 33.4 Å². The van der Waals surface area contributed by atoms with Crippen molar-refractivity contribution >= 4 is 5.91 Å². The summed E-state index contributed by atoms with van der Waals surface area (Å²) >= 11 is 0. The van der Waals surface area contributed by atoms with Gasteiger partial charge in [-0.1, -0.05) is 39.3 Å². The maximum atomic E-state index is 12.4. The molecule has 28 heavy (non-hydrogen) atoms. The van der Waals surface area contributed by atoms with Crippen LogP contribution >= 0.6 is 0 Å². The smallest absolute Gasteiger partial charge is 0.246 e. The van der Waals surface area contributed by atoms with Gasteiger partial charge >= 0.3 is 0 Å². The van der Waals surface area contributed by atoms with E-state index in [1.807, 2.05) is 31.2 Å². The lowest BCUT2D eigenvalue weighted by Gasteiger charge is -2.37. The molecular formula is C22H32N4O2. The molecule has 1 saturated carbocycles. The van der Waals surface area contributed by atoms with Crippen molar-refractivity contribution in [3.05, 3.63) is 42.5 Å². The van der Waals surface area contributed by atoms with Crippen LogP contribution in [-0.2, 0) is 9.53 Å². The average molecular weight is 385 g/mol. The summed E-state index contributed by atoms with van der Waals surface area (Å²) in [5.41, 5.74) is 1.98. The van der Waals surface area contributed by atoms with Gasteiger partial charge in [-0.3, -0.25) is 4.79 Å². The van der Waals surface area contributed by atoms with Crippen LogP contribution < -0.4 is 5.32 Å². The van der Waals surface area contributed by atoms with E-state index >= 15 is 0 Å². The quantitative estimate of drug-likeness (QED) is 0.785. The Bertz CT molecular complexity index is 742. The van der Waals surface area contributed by atoms with Crippen molar-refractivity contribution in [3.8, 4) is 5.69 Å². The second kappa shape index (κ2) is 9.32. The first-order valence-electron chi connectivity index (χ1n) is 10.3. The molecular weight excluding hydrogens is 352 g/mol. The van der Waals surface area contributed by atoms with E-state index in [4.69, 9.17) is 4.74 Å². The molecule has 1 fully saturated rings. The van der Waals surface area contributed by atoms with Gasteiger partial charge < -0.3 is 10.1 Å². The molecule has 152 valence electrons. The number of benzene rings is 1. The lowest BCUT2D eigenvalue weighted by atomic mass is 9.75.